The molecule has 7 heteroatoms. The molecule has 0 amide bonds. The van der Waals surface area contributed by atoms with E-state index >= 15 is 0 Å². The molecule has 0 aliphatic rings. The summed E-state index contributed by atoms with van der Waals surface area (Å²) in [5.41, 5.74) is 8.91. The molecule has 4 rings (SSSR count). The van der Waals surface area contributed by atoms with Crippen LogP contribution in [0.15, 0.2) is 52.7 Å². The molecule has 0 radical (unpaired) electrons. The number of benzene rings is 2. The zero-order valence-corrected chi connectivity index (χ0v) is 16.0. The van der Waals surface area contributed by atoms with Crippen molar-refractivity contribution in [1.82, 2.24) is 4.98 Å². The number of carbonyl (C=O) groups excluding carboxylic acids is 1. The highest BCUT2D eigenvalue weighted by atomic mass is 35.5. The van der Waals surface area contributed by atoms with Gasteiger partial charge in [0.1, 0.15) is 5.01 Å². The van der Waals surface area contributed by atoms with Crippen LogP contribution in [0.2, 0.25) is 5.02 Å². The fourth-order valence-electron chi connectivity index (χ4n) is 2.52. The molecule has 124 valence electrons. The van der Waals surface area contributed by atoms with Gasteiger partial charge in [0.05, 0.1) is 30.6 Å². The van der Waals surface area contributed by atoms with Crippen molar-refractivity contribution in [3.8, 4) is 10.6 Å². The van der Waals surface area contributed by atoms with Crippen molar-refractivity contribution in [2.45, 2.75) is 4.21 Å². The quantitative estimate of drug-likeness (QED) is 0.337. The van der Waals surface area contributed by atoms with E-state index in [1.54, 1.807) is 24.3 Å². The number of hydrogen-bond donors (Lipinski definition) is 2. The summed E-state index contributed by atoms with van der Waals surface area (Å²) < 4.78 is 1.76. The summed E-state index contributed by atoms with van der Waals surface area (Å²) in [4.78, 5) is 17.9. The minimum Gasteiger partial charge on any atom is -0.397 e. The van der Waals surface area contributed by atoms with Crippen LogP contribution in [-0.2, 0) is 0 Å². The lowest BCUT2D eigenvalue weighted by Gasteiger charge is -2.01. The molecular formula is C18H11ClN2OS3. The predicted octanol–water partition coefficient (Wildman–Crippen LogP) is 5.78. The van der Waals surface area contributed by atoms with Crippen LogP contribution in [0.5, 0.6) is 0 Å². The van der Waals surface area contributed by atoms with Gasteiger partial charge >= 0.3 is 0 Å². The number of carbonyl (C=O) groups is 1. The molecule has 2 aromatic carbocycles. The van der Waals surface area contributed by atoms with E-state index in [0.717, 1.165) is 20.8 Å². The zero-order chi connectivity index (χ0) is 17.6. The van der Waals surface area contributed by atoms with Crippen molar-refractivity contribution in [2.24, 2.45) is 0 Å². The lowest BCUT2D eigenvalue weighted by Crippen LogP contribution is -2.02. The van der Waals surface area contributed by atoms with E-state index in [2.05, 4.69) is 17.6 Å². The van der Waals surface area contributed by atoms with Crippen molar-refractivity contribution in [2.75, 3.05) is 5.73 Å². The number of thiol groups is 1. The van der Waals surface area contributed by atoms with E-state index in [4.69, 9.17) is 17.3 Å². The Hall–Kier alpha value is -1.86. The molecule has 0 fully saturated rings. The van der Waals surface area contributed by atoms with E-state index in [9.17, 15) is 4.79 Å². The standard InChI is InChI=1S/C18H11ClN2OS3/c19-10-7-5-9(6-8-10)15(22)16-14(20)13(18(23)25-16)17-21-11-3-1-2-4-12(11)24-17/h1-8,23H,20H2. The second-order valence-electron chi connectivity index (χ2n) is 5.35. The SMILES string of the molecule is Nc1c(C(=O)c2ccc(Cl)cc2)sc(S)c1-c1nc2ccccc2s1. The number of nitrogen functional groups attached to an aromatic ring is 1. The molecule has 0 atom stereocenters. The molecule has 0 unspecified atom stereocenters. The van der Waals surface area contributed by atoms with Crippen LogP contribution >= 0.6 is 46.9 Å². The number of anilines is 1. The summed E-state index contributed by atoms with van der Waals surface area (Å²) in [7, 11) is 0. The normalized spacial score (nSPS) is 11.1. The molecule has 0 aliphatic carbocycles. The lowest BCUT2D eigenvalue weighted by atomic mass is 10.1. The maximum atomic E-state index is 12.8. The summed E-state index contributed by atoms with van der Waals surface area (Å²) in [6.07, 6.45) is 0. The smallest absolute Gasteiger partial charge is 0.205 e. The van der Waals surface area contributed by atoms with Crippen molar-refractivity contribution in [3.63, 3.8) is 0 Å². The fourth-order valence-corrected chi connectivity index (χ4v) is 5.24. The van der Waals surface area contributed by atoms with Gasteiger partial charge in [-0.05, 0) is 36.4 Å². The highest BCUT2D eigenvalue weighted by molar-refractivity contribution is 7.83. The van der Waals surface area contributed by atoms with Crippen molar-refractivity contribution < 1.29 is 4.79 Å². The van der Waals surface area contributed by atoms with Gasteiger partial charge < -0.3 is 5.73 Å². The zero-order valence-electron chi connectivity index (χ0n) is 12.7. The lowest BCUT2D eigenvalue weighted by molar-refractivity contribution is 0.104. The van der Waals surface area contributed by atoms with Crippen LogP contribution in [0.4, 0.5) is 5.69 Å². The predicted molar refractivity (Wildman–Crippen MR) is 109 cm³/mol. The first kappa shape index (κ1) is 16.6. The van der Waals surface area contributed by atoms with Gasteiger partial charge in [-0.25, -0.2) is 4.98 Å². The maximum absolute atomic E-state index is 12.8. The number of hydrogen-bond acceptors (Lipinski definition) is 6. The van der Waals surface area contributed by atoms with Gasteiger partial charge in [-0.2, -0.15) is 0 Å². The Labute approximate surface area is 162 Å². The third-order valence-electron chi connectivity index (χ3n) is 3.75. The number of ketones is 1. The molecule has 0 bridgehead atoms. The topological polar surface area (TPSA) is 56.0 Å². The third kappa shape index (κ3) is 2.95. The number of nitrogens with two attached hydrogens (primary N) is 1. The van der Waals surface area contributed by atoms with Gasteiger partial charge in [-0.3, -0.25) is 4.79 Å². The number of thiophene rings is 1. The Morgan fingerprint density at radius 1 is 1.08 bits per heavy atom. The third-order valence-corrected chi connectivity index (χ3v) is 6.56. The van der Waals surface area contributed by atoms with E-state index in [1.165, 1.54) is 22.7 Å². The summed E-state index contributed by atoms with van der Waals surface area (Å²) in [6, 6.07) is 14.6. The van der Waals surface area contributed by atoms with Crippen LogP contribution in [0, 0.1) is 0 Å². The van der Waals surface area contributed by atoms with Crippen LogP contribution in [0.25, 0.3) is 20.8 Å². The summed E-state index contributed by atoms with van der Waals surface area (Å²) >= 11 is 13.2. The van der Waals surface area contributed by atoms with Crippen molar-refractivity contribution in [1.29, 1.82) is 0 Å². The van der Waals surface area contributed by atoms with E-state index < -0.39 is 0 Å². The molecule has 0 spiro atoms. The van der Waals surface area contributed by atoms with E-state index in [0.29, 0.717) is 25.4 Å². The summed E-state index contributed by atoms with van der Waals surface area (Å²) in [5, 5.41) is 1.36. The van der Waals surface area contributed by atoms with Crippen LogP contribution in [-0.4, -0.2) is 10.8 Å². The number of fused-ring (bicyclic) bond motifs is 1. The highest BCUT2D eigenvalue weighted by Gasteiger charge is 2.23. The number of rotatable bonds is 3. The fraction of sp³-hybridized carbons (Fsp3) is 0. The number of aromatic nitrogens is 1. The molecule has 0 saturated heterocycles. The molecule has 3 nitrogen and oxygen atoms in total. The second kappa shape index (κ2) is 6.46. The van der Waals surface area contributed by atoms with Gasteiger partial charge in [0, 0.05) is 10.6 Å². The van der Waals surface area contributed by atoms with E-state index in [-0.39, 0.29) is 5.78 Å². The number of halogens is 1. The molecule has 2 aromatic heterocycles. The number of para-hydroxylation sites is 1. The molecule has 4 aromatic rings. The van der Waals surface area contributed by atoms with Crippen LogP contribution in [0.1, 0.15) is 15.2 Å². The molecule has 0 aliphatic heterocycles. The molecule has 2 heterocycles. The van der Waals surface area contributed by atoms with Crippen molar-refractivity contribution >= 4 is 68.6 Å². The van der Waals surface area contributed by atoms with Crippen LogP contribution < -0.4 is 5.73 Å². The first-order valence-electron chi connectivity index (χ1n) is 7.32. The summed E-state index contributed by atoms with van der Waals surface area (Å²) in [5.74, 6) is -0.137. The van der Waals surface area contributed by atoms with Crippen molar-refractivity contribution in [3.05, 3.63) is 64.0 Å². The van der Waals surface area contributed by atoms with Gasteiger partial charge in [0.25, 0.3) is 0 Å². The van der Waals surface area contributed by atoms with E-state index in [1.807, 2.05) is 24.3 Å². The average molecular weight is 403 g/mol. The first-order chi connectivity index (χ1) is 12.0. The Morgan fingerprint density at radius 2 is 1.80 bits per heavy atom. The number of thiazole rings is 1. The Balaban J connectivity index is 1.81. The minimum atomic E-state index is -0.137. The molecule has 0 saturated carbocycles. The Morgan fingerprint density at radius 3 is 2.52 bits per heavy atom. The second-order valence-corrected chi connectivity index (χ2v) is 8.59. The largest absolute Gasteiger partial charge is 0.397 e. The number of nitrogens with zero attached hydrogens (tertiary/aromatic N) is 1. The van der Waals surface area contributed by atoms with Gasteiger partial charge in [-0.1, -0.05) is 23.7 Å². The molecule has 25 heavy (non-hydrogen) atoms. The van der Waals surface area contributed by atoms with Gasteiger partial charge in [0.2, 0.25) is 5.78 Å². The Bertz CT molecular complexity index is 1070. The van der Waals surface area contributed by atoms with Gasteiger partial charge in [0.15, 0.2) is 0 Å². The average Bonchev–Trinajstić information content (AvgIpc) is 3.15. The molecular weight excluding hydrogens is 392 g/mol. The Kier molecular flexibility index (Phi) is 4.29. The summed E-state index contributed by atoms with van der Waals surface area (Å²) in [6.45, 7) is 0. The molecule has 2 N–H and O–H groups in total. The monoisotopic (exact) mass is 402 g/mol. The van der Waals surface area contributed by atoms with Crippen LogP contribution in [0.3, 0.4) is 0 Å². The highest BCUT2D eigenvalue weighted by Crippen LogP contribution is 2.44. The maximum Gasteiger partial charge on any atom is 0.205 e. The van der Waals surface area contributed by atoms with Gasteiger partial charge in [-0.15, -0.1) is 35.3 Å². The first-order valence-corrected chi connectivity index (χ1v) is 9.78. The minimum absolute atomic E-state index is 0.137.